The number of alkyl halides is 3. The van der Waals surface area contributed by atoms with Crippen LogP contribution in [-0.4, -0.2) is 36.9 Å². The van der Waals surface area contributed by atoms with Gasteiger partial charge in [-0.25, -0.2) is 0 Å². The van der Waals surface area contributed by atoms with E-state index in [1.54, 1.807) is 13.1 Å². The van der Waals surface area contributed by atoms with Crippen LogP contribution in [0.25, 0.3) is 11.3 Å². The molecule has 154 valence electrons. The summed E-state index contributed by atoms with van der Waals surface area (Å²) in [6, 6.07) is 0.130. The number of hydrogen-bond donors (Lipinski definition) is 2. The predicted molar refractivity (Wildman–Crippen MR) is 93.6 cm³/mol. The number of rotatable bonds is 2. The third kappa shape index (κ3) is 2.95. The minimum atomic E-state index is -4.86. The second-order valence-corrected chi connectivity index (χ2v) is 8.65. The van der Waals surface area contributed by atoms with Gasteiger partial charge in [-0.1, -0.05) is 12.1 Å². The Hall–Kier alpha value is -1.87. The minimum Gasteiger partial charge on any atom is -0.390 e. The molecular weight excluding hydrogens is 375 g/mol. The van der Waals surface area contributed by atoms with E-state index in [4.69, 9.17) is 4.52 Å². The van der Waals surface area contributed by atoms with Gasteiger partial charge >= 0.3 is 6.18 Å². The molecule has 0 aliphatic heterocycles. The van der Waals surface area contributed by atoms with Crippen LogP contribution in [0.1, 0.15) is 75.4 Å². The number of nitrogens with zero attached hydrogens (tertiary/aromatic N) is 3. The van der Waals surface area contributed by atoms with Crippen molar-refractivity contribution in [3.8, 4) is 11.3 Å². The molecule has 9 heteroatoms. The molecule has 4 rings (SSSR count). The van der Waals surface area contributed by atoms with E-state index in [0.29, 0.717) is 37.3 Å². The van der Waals surface area contributed by atoms with Gasteiger partial charge in [-0.2, -0.15) is 18.3 Å². The molecular formula is C19H24F3N3O3. The van der Waals surface area contributed by atoms with Crippen LogP contribution in [0.4, 0.5) is 13.2 Å². The lowest BCUT2D eigenvalue weighted by Crippen LogP contribution is -2.40. The van der Waals surface area contributed by atoms with Crippen molar-refractivity contribution in [1.82, 2.24) is 14.9 Å². The standard InChI is InChI=1S/C19H24F3N3O3/c1-10-8-13-12(9-25(23-13)11-4-6-17(2,26)7-5-11)15-14(10)16(24-28-15)18(3,27)19(20,21)22/h9-11,26-27H,4-8H2,1-3H3/t10-,11?,17?,18+/m1/s1. The first-order valence-electron chi connectivity index (χ1n) is 9.50. The fourth-order valence-electron chi connectivity index (χ4n) is 4.27. The van der Waals surface area contributed by atoms with E-state index in [9.17, 15) is 23.4 Å². The fraction of sp³-hybridized carbons (Fsp3) is 0.684. The summed E-state index contributed by atoms with van der Waals surface area (Å²) in [5.74, 6) is -0.0599. The highest BCUT2D eigenvalue weighted by Crippen LogP contribution is 2.48. The second-order valence-electron chi connectivity index (χ2n) is 8.65. The Morgan fingerprint density at radius 1 is 1.29 bits per heavy atom. The van der Waals surface area contributed by atoms with Crippen LogP contribution in [0.2, 0.25) is 0 Å². The van der Waals surface area contributed by atoms with Crippen molar-refractivity contribution in [2.45, 2.75) is 82.2 Å². The summed E-state index contributed by atoms with van der Waals surface area (Å²) in [4.78, 5) is 0. The number of aliphatic hydroxyl groups is 2. The molecule has 0 saturated heterocycles. The Morgan fingerprint density at radius 3 is 2.54 bits per heavy atom. The van der Waals surface area contributed by atoms with E-state index in [1.807, 2.05) is 11.6 Å². The molecule has 6 nitrogen and oxygen atoms in total. The molecule has 1 fully saturated rings. The number of hydrogen-bond acceptors (Lipinski definition) is 5. The lowest BCUT2D eigenvalue weighted by molar-refractivity contribution is -0.261. The summed E-state index contributed by atoms with van der Waals surface area (Å²) < 4.78 is 47.1. The Balaban J connectivity index is 1.71. The van der Waals surface area contributed by atoms with Crippen molar-refractivity contribution < 1.29 is 27.9 Å². The van der Waals surface area contributed by atoms with Crippen LogP contribution in [0.15, 0.2) is 10.7 Å². The van der Waals surface area contributed by atoms with E-state index >= 15 is 0 Å². The molecule has 0 radical (unpaired) electrons. The SMILES string of the molecule is C[C@@H]1Cc2nn(C3CCC(C)(O)CC3)cc2-c2onc([C@](C)(O)C(F)(F)F)c21. The molecule has 2 aliphatic carbocycles. The number of fused-ring (bicyclic) bond motifs is 3. The molecule has 0 amide bonds. The van der Waals surface area contributed by atoms with Crippen LogP contribution in [0.3, 0.4) is 0 Å². The highest BCUT2D eigenvalue weighted by atomic mass is 19.4. The maximum Gasteiger partial charge on any atom is 0.422 e. The molecule has 0 bridgehead atoms. The largest absolute Gasteiger partial charge is 0.422 e. The average Bonchev–Trinajstić information content (AvgIpc) is 3.18. The maximum atomic E-state index is 13.3. The predicted octanol–water partition coefficient (Wildman–Crippen LogP) is 3.83. The van der Waals surface area contributed by atoms with Crippen LogP contribution >= 0.6 is 0 Å². The molecule has 1 saturated carbocycles. The molecule has 2 heterocycles. The Morgan fingerprint density at radius 2 is 1.93 bits per heavy atom. The van der Waals surface area contributed by atoms with Gasteiger partial charge in [0.1, 0.15) is 5.69 Å². The van der Waals surface area contributed by atoms with Gasteiger partial charge in [-0.3, -0.25) is 4.68 Å². The molecule has 2 aliphatic rings. The Bertz CT molecular complexity index is 888. The van der Waals surface area contributed by atoms with Crippen molar-refractivity contribution in [1.29, 1.82) is 0 Å². The van der Waals surface area contributed by atoms with Crippen LogP contribution in [0.5, 0.6) is 0 Å². The highest BCUT2D eigenvalue weighted by molar-refractivity contribution is 5.68. The molecule has 0 aromatic carbocycles. The van der Waals surface area contributed by atoms with E-state index in [-0.39, 0.29) is 17.7 Å². The van der Waals surface area contributed by atoms with Gasteiger partial charge in [0, 0.05) is 11.8 Å². The highest BCUT2D eigenvalue weighted by Gasteiger charge is 2.55. The van der Waals surface area contributed by atoms with E-state index in [1.165, 1.54) is 0 Å². The molecule has 0 unspecified atom stereocenters. The molecule has 2 N–H and O–H groups in total. The first-order valence-corrected chi connectivity index (χ1v) is 9.50. The first kappa shape index (κ1) is 19.4. The van der Waals surface area contributed by atoms with E-state index in [2.05, 4.69) is 10.3 Å². The smallest absolute Gasteiger partial charge is 0.390 e. The van der Waals surface area contributed by atoms with Crippen molar-refractivity contribution in [3.63, 3.8) is 0 Å². The summed E-state index contributed by atoms with van der Waals surface area (Å²) in [7, 11) is 0. The lowest BCUT2D eigenvalue weighted by Gasteiger charge is -2.33. The Labute approximate surface area is 160 Å². The lowest BCUT2D eigenvalue weighted by atomic mass is 9.82. The second kappa shape index (κ2) is 6.06. The first-order chi connectivity index (χ1) is 12.9. The summed E-state index contributed by atoms with van der Waals surface area (Å²) in [6.07, 6.45) is 0.279. The molecule has 2 aromatic heterocycles. The van der Waals surface area contributed by atoms with Gasteiger partial charge in [0.05, 0.1) is 22.9 Å². The van der Waals surface area contributed by atoms with Gasteiger partial charge in [-0.05, 0) is 51.9 Å². The number of halogens is 3. The molecule has 2 atom stereocenters. The van der Waals surface area contributed by atoms with Crippen molar-refractivity contribution >= 4 is 0 Å². The van der Waals surface area contributed by atoms with Gasteiger partial charge in [0.25, 0.3) is 0 Å². The fourth-order valence-corrected chi connectivity index (χ4v) is 4.27. The van der Waals surface area contributed by atoms with Crippen LogP contribution < -0.4 is 0 Å². The molecule has 2 aromatic rings. The van der Waals surface area contributed by atoms with Crippen molar-refractivity contribution in [2.24, 2.45) is 0 Å². The summed E-state index contributed by atoms with van der Waals surface area (Å²) >= 11 is 0. The average molecular weight is 399 g/mol. The van der Waals surface area contributed by atoms with Gasteiger partial charge in [0.15, 0.2) is 5.76 Å². The summed E-state index contributed by atoms with van der Waals surface area (Å²) in [5.41, 5.74) is -2.54. The topological polar surface area (TPSA) is 84.3 Å². The zero-order chi connectivity index (χ0) is 20.5. The third-order valence-electron chi connectivity index (χ3n) is 6.19. The quantitative estimate of drug-likeness (QED) is 0.802. The zero-order valence-electron chi connectivity index (χ0n) is 16.0. The third-order valence-corrected chi connectivity index (χ3v) is 6.19. The van der Waals surface area contributed by atoms with Crippen molar-refractivity contribution in [3.05, 3.63) is 23.1 Å². The molecule has 0 spiro atoms. The summed E-state index contributed by atoms with van der Waals surface area (Å²) in [5, 5.41) is 28.5. The van der Waals surface area contributed by atoms with Gasteiger partial charge in [-0.15, -0.1) is 0 Å². The maximum absolute atomic E-state index is 13.3. The van der Waals surface area contributed by atoms with Crippen LogP contribution in [-0.2, 0) is 12.0 Å². The zero-order valence-corrected chi connectivity index (χ0v) is 16.0. The van der Waals surface area contributed by atoms with Gasteiger partial charge in [0.2, 0.25) is 5.60 Å². The Kier molecular flexibility index (Phi) is 4.21. The molecule has 28 heavy (non-hydrogen) atoms. The normalized spacial score (nSPS) is 29.9. The van der Waals surface area contributed by atoms with Crippen molar-refractivity contribution in [2.75, 3.05) is 0 Å². The minimum absolute atomic E-state index is 0.130. The van der Waals surface area contributed by atoms with E-state index < -0.39 is 23.1 Å². The summed E-state index contributed by atoms with van der Waals surface area (Å²) in [6.45, 7) is 4.31. The van der Waals surface area contributed by atoms with Gasteiger partial charge < -0.3 is 14.7 Å². The monoisotopic (exact) mass is 399 g/mol. The number of aromatic nitrogens is 3. The van der Waals surface area contributed by atoms with E-state index in [0.717, 1.165) is 18.5 Å². The van der Waals surface area contributed by atoms with Crippen LogP contribution in [0, 0.1) is 0 Å².